The third-order valence-electron chi connectivity index (χ3n) is 1.58. The molecule has 0 aromatic rings. The summed E-state index contributed by atoms with van der Waals surface area (Å²) in [4.78, 5) is 16.4. The first kappa shape index (κ1) is 12.4. The van der Waals surface area contributed by atoms with Crippen LogP contribution in [0, 0.1) is 0 Å². The molecule has 0 aliphatic carbocycles. The Hall–Kier alpha value is -1.72. The zero-order valence-corrected chi connectivity index (χ0v) is 10.0. The molecule has 1 aliphatic rings. The number of ether oxygens (including phenoxy) is 2. The van der Waals surface area contributed by atoms with E-state index in [4.69, 9.17) is 9.47 Å². The molecule has 0 spiro atoms. The van der Waals surface area contributed by atoms with E-state index in [1.54, 1.807) is 13.8 Å². The third-order valence-corrected chi connectivity index (χ3v) is 1.58. The van der Waals surface area contributed by atoms with Crippen molar-refractivity contribution in [3.05, 3.63) is 0 Å². The van der Waals surface area contributed by atoms with Gasteiger partial charge in [0.2, 0.25) is 0 Å². The first-order valence-corrected chi connectivity index (χ1v) is 5.19. The Morgan fingerprint density at radius 1 is 0.750 bits per heavy atom. The normalized spacial score (nSPS) is 29.2. The van der Waals surface area contributed by atoms with Crippen molar-refractivity contribution >= 4 is 23.7 Å². The summed E-state index contributed by atoms with van der Waals surface area (Å²) in [5, 5.41) is 0. The van der Waals surface area contributed by atoms with Gasteiger partial charge in [0, 0.05) is 0 Å². The van der Waals surface area contributed by atoms with Gasteiger partial charge in [-0.1, -0.05) is 0 Å². The monoisotopic (exact) mass is 224 g/mol. The number of aliphatic imine (C=N–C) groups is 4. The van der Waals surface area contributed by atoms with E-state index in [2.05, 4.69) is 20.0 Å². The SMILES string of the molecule is CCOC1=N/C(C)=N\C(OCC)=N/C(C)=N\1. The third kappa shape index (κ3) is 3.80. The molecule has 0 radical (unpaired) electrons. The van der Waals surface area contributed by atoms with E-state index >= 15 is 0 Å². The van der Waals surface area contributed by atoms with Crippen LogP contribution in [-0.2, 0) is 9.47 Å². The van der Waals surface area contributed by atoms with Gasteiger partial charge in [-0.05, 0) is 27.7 Å². The molecule has 16 heavy (non-hydrogen) atoms. The average molecular weight is 224 g/mol. The Kier molecular flexibility index (Phi) is 4.63. The topological polar surface area (TPSA) is 67.9 Å². The zero-order chi connectivity index (χ0) is 12.0. The Morgan fingerprint density at radius 2 is 1.12 bits per heavy atom. The second-order valence-electron chi connectivity index (χ2n) is 2.97. The highest BCUT2D eigenvalue weighted by molar-refractivity contribution is 6.07. The molecule has 0 unspecified atom stereocenters. The summed E-state index contributed by atoms with van der Waals surface area (Å²) >= 11 is 0. The Labute approximate surface area is 94.8 Å². The molecule has 1 heterocycles. The molecule has 1 aliphatic heterocycles. The van der Waals surface area contributed by atoms with E-state index in [0.29, 0.717) is 24.9 Å². The number of hydrogen-bond donors (Lipinski definition) is 0. The summed E-state index contributed by atoms with van der Waals surface area (Å²) in [5.41, 5.74) is 0. The second kappa shape index (κ2) is 5.99. The molecule has 1 rings (SSSR count). The van der Waals surface area contributed by atoms with Crippen LogP contribution >= 0.6 is 0 Å². The van der Waals surface area contributed by atoms with Crippen LogP contribution < -0.4 is 0 Å². The lowest BCUT2D eigenvalue weighted by atomic mass is 10.6. The highest BCUT2D eigenvalue weighted by atomic mass is 16.5. The van der Waals surface area contributed by atoms with Crippen molar-refractivity contribution in [3.8, 4) is 0 Å². The van der Waals surface area contributed by atoms with Crippen molar-refractivity contribution in [3.63, 3.8) is 0 Å². The van der Waals surface area contributed by atoms with Crippen LogP contribution in [-0.4, -0.2) is 36.9 Å². The van der Waals surface area contributed by atoms with Crippen LogP contribution in [0.1, 0.15) is 27.7 Å². The van der Waals surface area contributed by atoms with Gasteiger partial charge in [0.1, 0.15) is 11.7 Å². The van der Waals surface area contributed by atoms with E-state index < -0.39 is 0 Å². The highest BCUT2D eigenvalue weighted by Crippen LogP contribution is 1.99. The fraction of sp³-hybridized carbons (Fsp3) is 0.600. The molecule has 0 aromatic heterocycles. The summed E-state index contributed by atoms with van der Waals surface area (Å²) < 4.78 is 10.5. The Morgan fingerprint density at radius 3 is 1.44 bits per heavy atom. The standard InChI is InChI=1S/C10H16N4O2/c1-5-15-9-11-7(3)13-10(16-6-2)14-8(4)12-9/h5-6H2,1-4H3/b11-7-,11-9?,12-8?,12-9+,13-7?,13-10+,14-8-,14-10?. The number of hydrogen-bond acceptors (Lipinski definition) is 6. The van der Waals surface area contributed by atoms with Crippen molar-refractivity contribution in [2.45, 2.75) is 27.7 Å². The maximum atomic E-state index is 5.23. The van der Waals surface area contributed by atoms with Crippen LogP contribution in [0.15, 0.2) is 20.0 Å². The highest BCUT2D eigenvalue weighted by Gasteiger charge is 2.07. The minimum absolute atomic E-state index is 0.278. The first-order chi connectivity index (χ1) is 7.65. The van der Waals surface area contributed by atoms with Gasteiger partial charge in [-0.15, -0.1) is 0 Å². The molecule has 0 saturated heterocycles. The van der Waals surface area contributed by atoms with Crippen LogP contribution in [0.25, 0.3) is 0 Å². The molecular weight excluding hydrogens is 208 g/mol. The predicted octanol–water partition coefficient (Wildman–Crippen LogP) is 1.62. The largest absolute Gasteiger partial charge is 0.464 e. The molecule has 0 atom stereocenters. The zero-order valence-electron chi connectivity index (χ0n) is 10.0. The average Bonchev–Trinajstić information content (AvgIpc) is 2.15. The molecule has 0 saturated carbocycles. The summed E-state index contributed by atoms with van der Waals surface area (Å²) in [6.07, 6.45) is 0. The predicted molar refractivity (Wildman–Crippen MR) is 64.3 cm³/mol. The van der Waals surface area contributed by atoms with Crippen molar-refractivity contribution in [2.75, 3.05) is 13.2 Å². The van der Waals surface area contributed by atoms with Gasteiger partial charge in [0.25, 0.3) is 0 Å². The molecule has 0 aromatic carbocycles. The molecule has 0 N–H and O–H groups in total. The molecule has 88 valence electrons. The summed E-state index contributed by atoms with van der Waals surface area (Å²) in [5.74, 6) is 1.01. The Balaban J connectivity index is 2.96. The van der Waals surface area contributed by atoms with Gasteiger partial charge < -0.3 is 9.47 Å². The lowest BCUT2D eigenvalue weighted by Gasteiger charge is -2.07. The summed E-state index contributed by atoms with van der Waals surface area (Å²) in [7, 11) is 0. The van der Waals surface area contributed by atoms with Crippen LogP contribution in [0.5, 0.6) is 0 Å². The quantitative estimate of drug-likeness (QED) is 0.715. The molecular formula is C10H16N4O2. The van der Waals surface area contributed by atoms with Crippen molar-refractivity contribution in [2.24, 2.45) is 20.0 Å². The van der Waals surface area contributed by atoms with Crippen LogP contribution in [0.3, 0.4) is 0 Å². The molecule has 0 amide bonds. The van der Waals surface area contributed by atoms with Crippen LogP contribution in [0.2, 0.25) is 0 Å². The van der Waals surface area contributed by atoms with E-state index in [9.17, 15) is 0 Å². The van der Waals surface area contributed by atoms with Gasteiger partial charge in [0.05, 0.1) is 13.2 Å². The van der Waals surface area contributed by atoms with Gasteiger partial charge in [-0.25, -0.2) is 0 Å². The number of amidine groups is 4. The number of rotatable bonds is 2. The maximum absolute atomic E-state index is 5.23. The smallest absolute Gasteiger partial charge is 0.319 e. The molecule has 0 fully saturated rings. The minimum Gasteiger partial charge on any atom is -0.464 e. The van der Waals surface area contributed by atoms with Crippen molar-refractivity contribution < 1.29 is 9.47 Å². The molecule has 6 heteroatoms. The van der Waals surface area contributed by atoms with E-state index in [-0.39, 0.29) is 12.0 Å². The fourth-order valence-electron chi connectivity index (χ4n) is 1.04. The lowest BCUT2D eigenvalue weighted by molar-refractivity contribution is 0.320. The summed E-state index contributed by atoms with van der Waals surface area (Å²) in [6.45, 7) is 8.23. The minimum atomic E-state index is 0.278. The summed E-state index contributed by atoms with van der Waals surface area (Å²) in [6, 6.07) is 0.557. The van der Waals surface area contributed by atoms with Crippen LogP contribution in [0.4, 0.5) is 0 Å². The van der Waals surface area contributed by atoms with Crippen molar-refractivity contribution in [1.82, 2.24) is 0 Å². The van der Waals surface area contributed by atoms with Gasteiger partial charge >= 0.3 is 12.0 Å². The Bertz CT molecular complexity index is 333. The van der Waals surface area contributed by atoms with Gasteiger partial charge in [-0.2, -0.15) is 20.0 Å². The van der Waals surface area contributed by atoms with E-state index in [1.807, 2.05) is 13.8 Å². The van der Waals surface area contributed by atoms with Gasteiger partial charge in [-0.3, -0.25) is 0 Å². The first-order valence-electron chi connectivity index (χ1n) is 5.19. The lowest BCUT2D eigenvalue weighted by Crippen LogP contribution is -2.13. The fourth-order valence-corrected chi connectivity index (χ4v) is 1.04. The van der Waals surface area contributed by atoms with Gasteiger partial charge in [0.15, 0.2) is 0 Å². The van der Waals surface area contributed by atoms with E-state index in [1.165, 1.54) is 0 Å². The molecule has 6 nitrogen and oxygen atoms in total. The maximum Gasteiger partial charge on any atom is 0.319 e. The van der Waals surface area contributed by atoms with E-state index in [0.717, 1.165) is 0 Å². The van der Waals surface area contributed by atoms with Crippen molar-refractivity contribution in [1.29, 1.82) is 0 Å². The number of nitrogens with zero attached hydrogens (tertiary/aromatic N) is 4. The molecule has 0 bridgehead atoms. The second-order valence-corrected chi connectivity index (χ2v) is 2.97.